The molecule has 1 aliphatic heterocycles. The highest BCUT2D eigenvalue weighted by atomic mass is 32.2. The van der Waals surface area contributed by atoms with Crippen LogP contribution < -0.4 is 9.64 Å². The quantitative estimate of drug-likeness (QED) is 0.219. The Morgan fingerprint density at radius 1 is 0.914 bits per heavy atom. The minimum Gasteiger partial charge on any atom is -0.489 e. The molecular formula is C31H38N2OS. The lowest BCUT2D eigenvalue weighted by molar-refractivity contribution is 0.202. The first-order chi connectivity index (χ1) is 17.1. The van der Waals surface area contributed by atoms with E-state index in [2.05, 4.69) is 109 Å². The van der Waals surface area contributed by atoms with Crippen molar-refractivity contribution in [2.24, 2.45) is 0 Å². The van der Waals surface area contributed by atoms with Gasteiger partial charge in [0, 0.05) is 42.8 Å². The third-order valence-corrected chi connectivity index (χ3v) is 7.42. The van der Waals surface area contributed by atoms with Gasteiger partial charge in [0.05, 0.1) is 0 Å². The standard InChI is InChI=1S/C31H38N2OS/c1-25(2)17-22-33(28-11-13-30(14-12-28)34-24-27-7-5-4-6-8-27)29-18-20-32(21-19-29)23-26-9-15-31(35-3)16-10-26/h4-17,29H,18-24H2,1-3H3. The molecule has 0 spiro atoms. The average molecular weight is 487 g/mol. The second kappa shape index (κ2) is 12.9. The molecule has 3 aromatic carbocycles. The number of allylic oxidation sites excluding steroid dienone is 1. The van der Waals surface area contributed by atoms with E-state index in [1.165, 1.54) is 40.1 Å². The van der Waals surface area contributed by atoms with E-state index in [1.54, 1.807) is 11.8 Å². The van der Waals surface area contributed by atoms with Gasteiger partial charge in [-0.1, -0.05) is 54.1 Å². The van der Waals surface area contributed by atoms with E-state index in [1.807, 2.05) is 6.07 Å². The maximum Gasteiger partial charge on any atom is 0.119 e. The molecule has 0 N–H and O–H groups in total. The van der Waals surface area contributed by atoms with E-state index in [-0.39, 0.29) is 0 Å². The molecule has 35 heavy (non-hydrogen) atoms. The van der Waals surface area contributed by atoms with Gasteiger partial charge in [0.2, 0.25) is 0 Å². The second-order valence-electron chi connectivity index (χ2n) is 9.56. The van der Waals surface area contributed by atoms with Crippen molar-refractivity contribution in [3.05, 3.63) is 102 Å². The van der Waals surface area contributed by atoms with E-state index in [9.17, 15) is 0 Å². The zero-order valence-electron chi connectivity index (χ0n) is 21.3. The Morgan fingerprint density at radius 2 is 1.60 bits per heavy atom. The molecule has 3 aromatic rings. The normalized spacial score (nSPS) is 14.5. The van der Waals surface area contributed by atoms with Crippen molar-refractivity contribution in [3.8, 4) is 5.75 Å². The molecular weight excluding hydrogens is 448 g/mol. The highest BCUT2D eigenvalue weighted by Gasteiger charge is 2.24. The molecule has 1 saturated heterocycles. The Balaban J connectivity index is 1.36. The van der Waals surface area contributed by atoms with Gasteiger partial charge in [-0.2, -0.15) is 0 Å². The first kappa shape index (κ1) is 25.4. The summed E-state index contributed by atoms with van der Waals surface area (Å²) in [6.45, 7) is 9.24. The zero-order chi connectivity index (χ0) is 24.5. The summed E-state index contributed by atoms with van der Waals surface area (Å²) in [5, 5.41) is 0. The minimum absolute atomic E-state index is 0.553. The largest absolute Gasteiger partial charge is 0.489 e. The summed E-state index contributed by atoms with van der Waals surface area (Å²) in [5.41, 5.74) is 5.24. The molecule has 1 aliphatic rings. The first-order valence-corrected chi connectivity index (χ1v) is 13.9. The summed E-state index contributed by atoms with van der Waals surface area (Å²) >= 11 is 1.80. The van der Waals surface area contributed by atoms with E-state index in [0.717, 1.165) is 31.9 Å². The molecule has 0 amide bonds. The highest BCUT2D eigenvalue weighted by molar-refractivity contribution is 7.98. The number of likely N-dealkylation sites (tertiary alicyclic amines) is 1. The van der Waals surface area contributed by atoms with E-state index in [4.69, 9.17) is 4.74 Å². The topological polar surface area (TPSA) is 15.7 Å². The van der Waals surface area contributed by atoms with Crippen LogP contribution in [0.1, 0.15) is 37.8 Å². The van der Waals surface area contributed by atoms with Crippen LogP contribution in [-0.4, -0.2) is 36.8 Å². The van der Waals surface area contributed by atoms with Gasteiger partial charge >= 0.3 is 0 Å². The van der Waals surface area contributed by atoms with Gasteiger partial charge in [-0.15, -0.1) is 11.8 Å². The summed E-state index contributed by atoms with van der Waals surface area (Å²) in [4.78, 5) is 6.52. The van der Waals surface area contributed by atoms with Crippen LogP contribution in [0, 0.1) is 0 Å². The fourth-order valence-corrected chi connectivity index (χ4v) is 5.01. The summed E-state index contributed by atoms with van der Waals surface area (Å²) in [6, 6.07) is 28.6. The Kier molecular flexibility index (Phi) is 9.33. The van der Waals surface area contributed by atoms with Crippen molar-refractivity contribution in [2.45, 2.75) is 50.8 Å². The van der Waals surface area contributed by atoms with E-state index in [0.29, 0.717) is 12.6 Å². The van der Waals surface area contributed by atoms with Crippen LogP contribution in [0.5, 0.6) is 5.75 Å². The summed E-state index contributed by atoms with van der Waals surface area (Å²) in [5.74, 6) is 0.919. The van der Waals surface area contributed by atoms with Crippen molar-refractivity contribution in [2.75, 3.05) is 30.8 Å². The predicted molar refractivity (Wildman–Crippen MR) is 151 cm³/mol. The summed E-state index contributed by atoms with van der Waals surface area (Å²) < 4.78 is 6.02. The maximum absolute atomic E-state index is 6.02. The third-order valence-electron chi connectivity index (χ3n) is 6.68. The molecule has 3 nitrogen and oxygen atoms in total. The number of nitrogens with zero attached hydrogens (tertiary/aromatic N) is 2. The maximum atomic E-state index is 6.02. The average Bonchev–Trinajstić information content (AvgIpc) is 2.90. The van der Waals surface area contributed by atoms with Gasteiger partial charge < -0.3 is 9.64 Å². The van der Waals surface area contributed by atoms with Gasteiger partial charge in [-0.05, 0) is 80.5 Å². The van der Waals surface area contributed by atoms with Crippen LogP contribution in [0.15, 0.2) is 95.4 Å². The highest BCUT2D eigenvalue weighted by Crippen LogP contribution is 2.27. The van der Waals surface area contributed by atoms with Gasteiger partial charge in [-0.3, -0.25) is 4.90 Å². The molecule has 0 radical (unpaired) electrons. The van der Waals surface area contributed by atoms with Crippen LogP contribution >= 0.6 is 11.8 Å². The van der Waals surface area contributed by atoms with Crippen molar-refractivity contribution in [1.82, 2.24) is 4.90 Å². The fourth-order valence-electron chi connectivity index (χ4n) is 4.60. The van der Waals surface area contributed by atoms with Gasteiger partial charge in [0.15, 0.2) is 0 Å². The van der Waals surface area contributed by atoms with E-state index < -0.39 is 0 Å². The van der Waals surface area contributed by atoms with Crippen LogP contribution in [0.2, 0.25) is 0 Å². The predicted octanol–water partition coefficient (Wildman–Crippen LogP) is 7.42. The van der Waals surface area contributed by atoms with Crippen molar-refractivity contribution >= 4 is 17.4 Å². The molecule has 0 bridgehead atoms. The van der Waals surface area contributed by atoms with Crippen molar-refractivity contribution in [1.29, 1.82) is 0 Å². The number of anilines is 1. The van der Waals surface area contributed by atoms with Gasteiger partial charge in [-0.25, -0.2) is 0 Å². The van der Waals surface area contributed by atoms with Crippen LogP contribution in [0.3, 0.4) is 0 Å². The molecule has 0 atom stereocenters. The lowest BCUT2D eigenvalue weighted by Gasteiger charge is -2.39. The molecule has 0 unspecified atom stereocenters. The SMILES string of the molecule is CSc1ccc(CN2CCC(N(CC=C(C)C)c3ccc(OCc4ccccc4)cc3)CC2)cc1. The number of piperidine rings is 1. The monoisotopic (exact) mass is 486 g/mol. The number of ether oxygens (including phenoxy) is 1. The lowest BCUT2D eigenvalue weighted by atomic mass is 10.0. The Labute approximate surface area is 215 Å². The molecule has 0 aliphatic carbocycles. The Bertz CT molecular complexity index is 1050. The Hall–Kier alpha value is -2.69. The molecule has 0 aromatic heterocycles. The van der Waals surface area contributed by atoms with E-state index >= 15 is 0 Å². The summed E-state index contributed by atoms with van der Waals surface area (Å²) in [6.07, 6.45) is 6.85. The minimum atomic E-state index is 0.553. The number of hydrogen-bond donors (Lipinski definition) is 0. The first-order valence-electron chi connectivity index (χ1n) is 12.6. The van der Waals surface area contributed by atoms with Crippen LogP contribution in [0.4, 0.5) is 5.69 Å². The second-order valence-corrected chi connectivity index (χ2v) is 10.4. The number of hydrogen-bond acceptors (Lipinski definition) is 4. The third kappa shape index (κ3) is 7.65. The van der Waals surface area contributed by atoms with Crippen molar-refractivity contribution < 1.29 is 4.74 Å². The number of benzene rings is 3. The van der Waals surface area contributed by atoms with Gasteiger partial charge in [0.1, 0.15) is 12.4 Å². The summed E-state index contributed by atoms with van der Waals surface area (Å²) in [7, 11) is 0. The zero-order valence-corrected chi connectivity index (χ0v) is 22.1. The molecule has 184 valence electrons. The molecule has 4 heteroatoms. The van der Waals surface area contributed by atoms with Crippen LogP contribution in [-0.2, 0) is 13.2 Å². The number of thioether (sulfide) groups is 1. The van der Waals surface area contributed by atoms with Crippen LogP contribution in [0.25, 0.3) is 0 Å². The lowest BCUT2D eigenvalue weighted by Crippen LogP contribution is -2.45. The Morgan fingerprint density at radius 3 is 2.23 bits per heavy atom. The molecule has 1 heterocycles. The van der Waals surface area contributed by atoms with Gasteiger partial charge in [0.25, 0.3) is 0 Å². The van der Waals surface area contributed by atoms with Crippen molar-refractivity contribution in [3.63, 3.8) is 0 Å². The smallest absolute Gasteiger partial charge is 0.119 e. The number of rotatable bonds is 10. The molecule has 1 fully saturated rings. The molecule has 4 rings (SSSR count). The fraction of sp³-hybridized carbons (Fsp3) is 0.355. The molecule has 0 saturated carbocycles.